The highest BCUT2D eigenvalue weighted by molar-refractivity contribution is 8.05. The SMILES string of the molecule is SC(S)(Cl)Cl. The van der Waals surface area contributed by atoms with Crippen LogP contribution in [0.2, 0.25) is 0 Å². The lowest BCUT2D eigenvalue weighted by molar-refractivity contribution is 1.88. The van der Waals surface area contributed by atoms with Crippen LogP contribution in [0.1, 0.15) is 0 Å². The number of hydrogen-bond donors (Lipinski definition) is 2. The summed E-state index contributed by atoms with van der Waals surface area (Å²) < 4.78 is -1.17. The van der Waals surface area contributed by atoms with Gasteiger partial charge in [0, 0.05) is 0 Å². The van der Waals surface area contributed by atoms with Crippen LogP contribution in [0.15, 0.2) is 0 Å². The second kappa shape index (κ2) is 1.82. The highest BCUT2D eigenvalue weighted by Crippen LogP contribution is 2.28. The molecule has 0 saturated heterocycles. The molecular weight excluding hydrogens is 147 g/mol. The van der Waals surface area contributed by atoms with Crippen molar-refractivity contribution in [3.8, 4) is 0 Å². The van der Waals surface area contributed by atoms with E-state index in [-0.39, 0.29) is 0 Å². The average Bonchev–Trinajstić information content (AvgIpc) is 0.722. The first-order valence-corrected chi connectivity index (χ1v) is 2.48. The molecule has 0 amide bonds. The Labute approximate surface area is 51.7 Å². The summed E-state index contributed by atoms with van der Waals surface area (Å²) in [7, 11) is 0. The summed E-state index contributed by atoms with van der Waals surface area (Å²) in [6, 6.07) is 0. The van der Waals surface area contributed by atoms with Gasteiger partial charge in [0.1, 0.15) is 0 Å². The largest absolute Gasteiger partial charge is 0.204 e. The highest BCUT2D eigenvalue weighted by atomic mass is 35.5. The summed E-state index contributed by atoms with van der Waals surface area (Å²) in [5, 5.41) is 0. The zero-order chi connectivity index (χ0) is 4.50. The highest BCUT2D eigenvalue weighted by Gasteiger charge is 2.06. The Bertz CT molecular complexity index is 23.1. The van der Waals surface area contributed by atoms with Crippen LogP contribution >= 0.6 is 48.5 Å². The molecule has 4 heteroatoms. The van der Waals surface area contributed by atoms with Crippen molar-refractivity contribution in [2.24, 2.45) is 0 Å². The Hall–Kier alpha value is 1.28. The quantitative estimate of drug-likeness (QED) is 0.293. The Balaban J connectivity index is 3.02. The van der Waals surface area contributed by atoms with E-state index in [0.717, 1.165) is 0 Å². The van der Waals surface area contributed by atoms with E-state index in [9.17, 15) is 0 Å². The minimum absolute atomic E-state index is 1.17. The third-order valence-electron chi connectivity index (χ3n) is 0. The molecule has 0 heterocycles. The van der Waals surface area contributed by atoms with Crippen molar-refractivity contribution in [1.29, 1.82) is 0 Å². The molecule has 0 rings (SSSR count). The van der Waals surface area contributed by atoms with Crippen molar-refractivity contribution < 1.29 is 0 Å². The van der Waals surface area contributed by atoms with Crippen LogP contribution < -0.4 is 0 Å². The van der Waals surface area contributed by atoms with Crippen molar-refractivity contribution >= 4 is 48.5 Å². The van der Waals surface area contributed by atoms with E-state index in [2.05, 4.69) is 25.3 Å². The number of rotatable bonds is 0. The van der Waals surface area contributed by atoms with Gasteiger partial charge in [0.25, 0.3) is 0 Å². The fourth-order valence-corrected chi connectivity index (χ4v) is 0. The molecule has 0 aromatic rings. The van der Waals surface area contributed by atoms with Crippen molar-refractivity contribution in [2.75, 3.05) is 0 Å². The molecule has 0 N–H and O–H groups in total. The van der Waals surface area contributed by atoms with Gasteiger partial charge in [-0.3, -0.25) is 0 Å². The molecule has 0 spiro atoms. The summed E-state index contributed by atoms with van der Waals surface area (Å²) >= 11 is 17.1. The van der Waals surface area contributed by atoms with E-state index in [1.54, 1.807) is 0 Å². The Morgan fingerprint density at radius 3 is 1.20 bits per heavy atom. The first-order chi connectivity index (χ1) is 2.00. The average molecular weight is 149 g/mol. The van der Waals surface area contributed by atoms with Gasteiger partial charge in [-0.25, -0.2) is 0 Å². The van der Waals surface area contributed by atoms with E-state index in [1.807, 2.05) is 0 Å². The Morgan fingerprint density at radius 1 is 1.20 bits per heavy atom. The van der Waals surface area contributed by atoms with Crippen molar-refractivity contribution in [2.45, 2.75) is 3.00 Å². The lowest BCUT2D eigenvalue weighted by Gasteiger charge is -1.95. The molecule has 0 unspecified atom stereocenters. The summed E-state index contributed by atoms with van der Waals surface area (Å²) in [4.78, 5) is 0. The molecule has 0 radical (unpaired) electrons. The third-order valence-corrected chi connectivity index (χ3v) is 0. The fraction of sp³-hybridized carbons (Fsp3) is 1.00. The molecule has 0 aliphatic rings. The lowest BCUT2D eigenvalue weighted by Crippen LogP contribution is -1.81. The minimum atomic E-state index is -1.17. The van der Waals surface area contributed by atoms with E-state index in [0.29, 0.717) is 0 Å². The van der Waals surface area contributed by atoms with Crippen molar-refractivity contribution in [3.63, 3.8) is 0 Å². The Kier molecular flexibility index (Phi) is 2.29. The maximum Gasteiger partial charge on any atom is 0.204 e. The molecule has 32 valence electrons. The molecule has 0 aromatic heterocycles. The van der Waals surface area contributed by atoms with Gasteiger partial charge >= 0.3 is 0 Å². The standard InChI is InChI=1S/CH2Cl2S2/c2-1(3,4)5/h4-5H. The molecule has 5 heavy (non-hydrogen) atoms. The topological polar surface area (TPSA) is 0 Å². The molecule has 0 atom stereocenters. The molecule has 0 nitrogen and oxygen atoms in total. The number of hydrogen-bond acceptors (Lipinski definition) is 2. The maximum atomic E-state index is 5.02. The van der Waals surface area contributed by atoms with Gasteiger partial charge in [-0.15, -0.1) is 25.3 Å². The number of thiol groups is 2. The van der Waals surface area contributed by atoms with Gasteiger partial charge in [0.05, 0.1) is 0 Å². The maximum absolute atomic E-state index is 5.02. The predicted octanol–water partition coefficient (Wildman–Crippen LogP) is 1.93. The number of halogens is 2. The molecular formula is CH2Cl2S2. The van der Waals surface area contributed by atoms with Crippen LogP contribution in [0, 0.1) is 0 Å². The minimum Gasteiger partial charge on any atom is -0.130 e. The van der Waals surface area contributed by atoms with Gasteiger partial charge in [0.2, 0.25) is 3.00 Å². The van der Waals surface area contributed by atoms with E-state index in [1.165, 1.54) is 0 Å². The molecule has 0 aliphatic heterocycles. The van der Waals surface area contributed by atoms with Gasteiger partial charge < -0.3 is 0 Å². The van der Waals surface area contributed by atoms with Gasteiger partial charge in [0.15, 0.2) is 0 Å². The second-order valence-electron chi connectivity index (χ2n) is 0.509. The van der Waals surface area contributed by atoms with Gasteiger partial charge in [-0.05, 0) is 0 Å². The van der Waals surface area contributed by atoms with Crippen LogP contribution in [-0.2, 0) is 0 Å². The zero-order valence-electron chi connectivity index (χ0n) is 2.15. The molecule has 0 aliphatic carbocycles. The van der Waals surface area contributed by atoms with E-state index >= 15 is 0 Å². The monoisotopic (exact) mass is 148 g/mol. The van der Waals surface area contributed by atoms with Crippen LogP contribution in [0.25, 0.3) is 0 Å². The first kappa shape index (κ1) is 6.28. The fourth-order valence-electron chi connectivity index (χ4n) is 0. The summed E-state index contributed by atoms with van der Waals surface area (Å²) in [6.07, 6.45) is 0. The van der Waals surface area contributed by atoms with Crippen molar-refractivity contribution in [3.05, 3.63) is 0 Å². The summed E-state index contributed by atoms with van der Waals surface area (Å²) in [6.45, 7) is 0. The van der Waals surface area contributed by atoms with E-state index < -0.39 is 3.00 Å². The number of alkyl halides is 2. The molecule has 0 aromatic carbocycles. The normalized spacial score (nSPS) is 12.0. The predicted molar refractivity (Wildman–Crippen MR) is 32.4 cm³/mol. The van der Waals surface area contributed by atoms with Crippen LogP contribution in [0.3, 0.4) is 0 Å². The van der Waals surface area contributed by atoms with Crippen LogP contribution in [-0.4, -0.2) is 3.00 Å². The van der Waals surface area contributed by atoms with Gasteiger partial charge in [-0.1, -0.05) is 23.2 Å². The smallest absolute Gasteiger partial charge is 0.130 e. The lowest BCUT2D eigenvalue weighted by atomic mass is 11.8. The van der Waals surface area contributed by atoms with E-state index in [4.69, 9.17) is 23.2 Å². The van der Waals surface area contributed by atoms with Crippen LogP contribution in [0.5, 0.6) is 0 Å². The summed E-state index contributed by atoms with van der Waals surface area (Å²) in [5.41, 5.74) is 0. The van der Waals surface area contributed by atoms with Gasteiger partial charge in [-0.2, -0.15) is 0 Å². The van der Waals surface area contributed by atoms with Crippen LogP contribution in [0.4, 0.5) is 0 Å². The molecule has 0 saturated carbocycles. The first-order valence-electron chi connectivity index (χ1n) is 0.825. The summed E-state index contributed by atoms with van der Waals surface area (Å²) in [5.74, 6) is 0. The van der Waals surface area contributed by atoms with Crippen molar-refractivity contribution in [1.82, 2.24) is 0 Å². The second-order valence-corrected chi connectivity index (χ2v) is 4.59. The molecule has 0 bridgehead atoms. The Morgan fingerprint density at radius 2 is 1.20 bits per heavy atom. The molecule has 0 fully saturated rings. The third kappa shape index (κ3) is 34.7. The zero-order valence-corrected chi connectivity index (χ0v) is 5.45.